The Labute approximate surface area is 205 Å². The Kier molecular flexibility index (Phi) is 5.83. The van der Waals surface area contributed by atoms with Gasteiger partial charge in [-0.15, -0.1) is 0 Å². The van der Waals surface area contributed by atoms with Crippen LogP contribution in [-0.4, -0.2) is 25.2 Å². The Morgan fingerprint density at radius 1 is 0.972 bits per heavy atom. The number of para-hydroxylation sites is 2. The summed E-state index contributed by atoms with van der Waals surface area (Å²) in [6.07, 6.45) is -3.12. The Morgan fingerprint density at radius 2 is 1.69 bits per heavy atom. The normalized spacial score (nSPS) is 12.6. The van der Waals surface area contributed by atoms with Crippen molar-refractivity contribution in [2.24, 2.45) is 7.05 Å². The van der Waals surface area contributed by atoms with Crippen LogP contribution in [0.4, 0.5) is 13.2 Å². The predicted molar refractivity (Wildman–Crippen MR) is 130 cm³/mol. The molecule has 1 amide bonds. The molecule has 0 aliphatic heterocycles. The van der Waals surface area contributed by atoms with E-state index < -0.39 is 23.7 Å². The average molecular weight is 490 g/mol. The smallest absolute Gasteiger partial charge is 0.338 e. The second-order valence-electron chi connectivity index (χ2n) is 8.44. The van der Waals surface area contributed by atoms with Gasteiger partial charge in [0, 0.05) is 7.05 Å². The van der Waals surface area contributed by atoms with Crippen LogP contribution in [-0.2, 0) is 13.2 Å². The van der Waals surface area contributed by atoms with Crippen LogP contribution in [0, 0.1) is 6.92 Å². The molecule has 0 aliphatic carbocycles. The monoisotopic (exact) mass is 489 g/mol. The molecule has 1 unspecified atom stereocenters. The number of amides is 1. The number of nitrogens with one attached hydrogen (secondary N) is 1. The molecule has 36 heavy (non-hydrogen) atoms. The van der Waals surface area contributed by atoms with E-state index in [0.29, 0.717) is 11.5 Å². The van der Waals surface area contributed by atoms with Crippen molar-refractivity contribution >= 4 is 16.9 Å². The van der Waals surface area contributed by atoms with Gasteiger partial charge in [0.15, 0.2) is 0 Å². The zero-order valence-electron chi connectivity index (χ0n) is 19.5. The van der Waals surface area contributed by atoms with E-state index in [1.165, 1.54) is 23.0 Å². The molecule has 0 spiro atoms. The first kappa shape index (κ1) is 23.3. The molecule has 0 bridgehead atoms. The minimum absolute atomic E-state index is 0.219. The van der Waals surface area contributed by atoms with Gasteiger partial charge in [-0.3, -0.25) is 4.79 Å². The molecule has 2 aromatic heterocycles. The molecule has 0 saturated carbocycles. The lowest BCUT2D eigenvalue weighted by molar-refractivity contribution is -0.137. The highest BCUT2D eigenvalue weighted by molar-refractivity contribution is 5.95. The lowest BCUT2D eigenvalue weighted by Crippen LogP contribution is -2.31. The highest BCUT2D eigenvalue weighted by atomic mass is 19.4. The molecule has 2 heterocycles. The summed E-state index contributed by atoms with van der Waals surface area (Å²) in [6, 6.07) is 21.4. The molecule has 3 aromatic carbocycles. The number of halogens is 3. The number of hydrogen-bond acceptors (Lipinski definition) is 3. The van der Waals surface area contributed by atoms with Gasteiger partial charge in [-0.2, -0.15) is 18.3 Å². The maximum absolute atomic E-state index is 13.4. The van der Waals surface area contributed by atoms with Crippen LogP contribution in [0.3, 0.4) is 0 Å². The molecule has 0 aliphatic rings. The number of aromatic nitrogens is 4. The first-order valence-corrected chi connectivity index (χ1v) is 11.2. The molecular weight excluding hydrogens is 467 g/mol. The zero-order valence-corrected chi connectivity index (χ0v) is 19.5. The fraction of sp³-hybridized carbons (Fsp3) is 0.148. The Balaban J connectivity index is 1.51. The number of fused-ring (bicyclic) bond motifs is 1. The minimum atomic E-state index is -4.48. The van der Waals surface area contributed by atoms with Crippen LogP contribution in [0.15, 0.2) is 85.1 Å². The van der Waals surface area contributed by atoms with Crippen molar-refractivity contribution in [3.63, 3.8) is 0 Å². The number of carbonyl (C=O) groups is 1. The largest absolute Gasteiger partial charge is 0.416 e. The number of rotatable bonds is 5. The molecule has 9 heteroatoms. The summed E-state index contributed by atoms with van der Waals surface area (Å²) in [6.45, 7) is 1.65. The number of alkyl halides is 3. The summed E-state index contributed by atoms with van der Waals surface area (Å²) < 4.78 is 42.8. The molecule has 0 fully saturated rings. The van der Waals surface area contributed by atoms with E-state index in [0.717, 1.165) is 28.7 Å². The lowest BCUT2D eigenvalue weighted by atomic mass is 10.1. The van der Waals surface area contributed by atoms with Crippen molar-refractivity contribution in [2.45, 2.75) is 19.1 Å². The van der Waals surface area contributed by atoms with Crippen molar-refractivity contribution in [1.82, 2.24) is 24.6 Å². The molecule has 5 aromatic rings. The third-order valence-corrected chi connectivity index (χ3v) is 6.16. The van der Waals surface area contributed by atoms with E-state index in [9.17, 15) is 18.0 Å². The van der Waals surface area contributed by atoms with E-state index in [2.05, 4.69) is 10.4 Å². The zero-order chi connectivity index (χ0) is 25.4. The number of nitrogens with zero attached hydrogens (tertiary/aromatic N) is 4. The molecule has 6 nitrogen and oxygen atoms in total. The van der Waals surface area contributed by atoms with Crippen molar-refractivity contribution in [3.05, 3.63) is 113 Å². The second-order valence-corrected chi connectivity index (χ2v) is 8.44. The SMILES string of the molecule is Cc1c(C(=O)NC(c2ccccc2)c2nc3ccccc3n2C)cnn1-c1cccc(C(F)(F)F)c1. The summed E-state index contributed by atoms with van der Waals surface area (Å²) in [5, 5.41) is 7.26. The van der Waals surface area contributed by atoms with Gasteiger partial charge in [0.2, 0.25) is 0 Å². The van der Waals surface area contributed by atoms with Gasteiger partial charge < -0.3 is 9.88 Å². The number of imidazole rings is 1. The highest BCUT2D eigenvalue weighted by Crippen LogP contribution is 2.31. The quantitative estimate of drug-likeness (QED) is 0.349. The molecule has 0 saturated heterocycles. The van der Waals surface area contributed by atoms with Crippen LogP contribution in [0.1, 0.15) is 39.0 Å². The molecule has 5 rings (SSSR count). The van der Waals surface area contributed by atoms with E-state index in [4.69, 9.17) is 4.98 Å². The predicted octanol–water partition coefficient (Wildman–Crippen LogP) is 5.61. The summed E-state index contributed by atoms with van der Waals surface area (Å²) in [5.74, 6) is 0.241. The van der Waals surface area contributed by atoms with E-state index in [1.807, 2.05) is 66.2 Å². The summed E-state index contributed by atoms with van der Waals surface area (Å²) >= 11 is 0. The Morgan fingerprint density at radius 3 is 2.42 bits per heavy atom. The lowest BCUT2D eigenvalue weighted by Gasteiger charge is -2.19. The second kappa shape index (κ2) is 8.99. The van der Waals surface area contributed by atoms with Gasteiger partial charge in [-0.1, -0.05) is 48.5 Å². The van der Waals surface area contributed by atoms with Crippen molar-refractivity contribution in [2.75, 3.05) is 0 Å². The maximum atomic E-state index is 13.4. The van der Waals surface area contributed by atoms with Crippen LogP contribution < -0.4 is 5.32 Å². The van der Waals surface area contributed by atoms with Gasteiger partial charge in [-0.05, 0) is 42.8 Å². The standard InChI is InChI=1S/C27H22F3N5O/c1-17-21(16-31-35(17)20-12-8-11-19(15-20)27(28,29)30)26(36)33-24(18-9-4-3-5-10-18)25-32-22-13-6-7-14-23(22)34(25)2/h3-16,24H,1-2H3,(H,33,36). The fourth-order valence-electron chi connectivity index (χ4n) is 4.28. The number of carbonyl (C=O) groups excluding carboxylic acids is 1. The van der Waals surface area contributed by atoms with Crippen LogP contribution in [0.2, 0.25) is 0 Å². The molecule has 1 N–H and O–H groups in total. The Hall–Kier alpha value is -4.40. The maximum Gasteiger partial charge on any atom is 0.416 e. The summed E-state index contributed by atoms with van der Waals surface area (Å²) in [7, 11) is 1.89. The Bertz CT molecular complexity index is 1550. The van der Waals surface area contributed by atoms with Gasteiger partial charge >= 0.3 is 6.18 Å². The van der Waals surface area contributed by atoms with E-state index in [1.54, 1.807) is 6.92 Å². The van der Waals surface area contributed by atoms with Crippen molar-refractivity contribution < 1.29 is 18.0 Å². The van der Waals surface area contributed by atoms with Crippen LogP contribution in [0.25, 0.3) is 16.7 Å². The van der Waals surface area contributed by atoms with E-state index in [-0.39, 0.29) is 11.3 Å². The molecular formula is C27H22F3N5O. The minimum Gasteiger partial charge on any atom is -0.338 e. The van der Waals surface area contributed by atoms with Gasteiger partial charge in [-0.25, -0.2) is 9.67 Å². The molecule has 182 valence electrons. The van der Waals surface area contributed by atoms with Gasteiger partial charge in [0.1, 0.15) is 11.9 Å². The fourth-order valence-corrected chi connectivity index (χ4v) is 4.28. The third kappa shape index (κ3) is 4.24. The van der Waals surface area contributed by atoms with Crippen LogP contribution in [0.5, 0.6) is 0 Å². The first-order valence-electron chi connectivity index (χ1n) is 11.2. The van der Waals surface area contributed by atoms with E-state index >= 15 is 0 Å². The first-order chi connectivity index (χ1) is 17.2. The average Bonchev–Trinajstić information content (AvgIpc) is 3.42. The number of hydrogen-bond donors (Lipinski definition) is 1. The van der Waals surface area contributed by atoms with Crippen molar-refractivity contribution in [3.8, 4) is 5.69 Å². The summed E-state index contributed by atoms with van der Waals surface area (Å²) in [4.78, 5) is 18.2. The molecule has 1 atom stereocenters. The third-order valence-electron chi connectivity index (χ3n) is 6.16. The van der Waals surface area contributed by atoms with Gasteiger partial charge in [0.25, 0.3) is 5.91 Å². The summed E-state index contributed by atoms with van der Waals surface area (Å²) in [5.41, 5.74) is 2.68. The topological polar surface area (TPSA) is 64.7 Å². The molecule has 0 radical (unpaired) electrons. The number of benzene rings is 3. The van der Waals surface area contributed by atoms with Crippen LogP contribution >= 0.6 is 0 Å². The van der Waals surface area contributed by atoms with Crippen molar-refractivity contribution in [1.29, 1.82) is 0 Å². The van der Waals surface area contributed by atoms with Gasteiger partial charge in [0.05, 0.1) is 39.7 Å². The highest BCUT2D eigenvalue weighted by Gasteiger charge is 2.31. The number of aryl methyl sites for hydroxylation is 1.